The second kappa shape index (κ2) is 8.71. The van der Waals surface area contributed by atoms with Crippen LogP contribution in [0.25, 0.3) is 0 Å². The number of piperidine rings is 1. The number of hydrogen-bond donors (Lipinski definition) is 4. The maximum absolute atomic E-state index is 11.9. The van der Waals surface area contributed by atoms with E-state index in [2.05, 4.69) is 16.0 Å². The molecule has 0 saturated carbocycles. The van der Waals surface area contributed by atoms with Crippen molar-refractivity contribution in [2.45, 2.75) is 64.1 Å². The van der Waals surface area contributed by atoms with Crippen molar-refractivity contribution in [3.8, 4) is 0 Å². The highest BCUT2D eigenvalue weighted by molar-refractivity contribution is 5.85. The lowest BCUT2D eigenvalue weighted by Crippen LogP contribution is -2.47. The van der Waals surface area contributed by atoms with E-state index in [1.807, 2.05) is 0 Å². The second-order valence-corrected chi connectivity index (χ2v) is 6.73. The van der Waals surface area contributed by atoms with Crippen molar-refractivity contribution < 1.29 is 19.1 Å². The van der Waals surface area contributed by atoms with Crippen molar-refractivity contribution in [2.75, 3.05) is 13.1 Å². The van der Waals surface area contributed by atoms with E-state index >= 15 is 0 Å². The molecule has 0 aliphatic carbocycles. The van der Waals surface area contributed by atoms with Gasteiger partial charge in [-0.05, 0) is 53.1 Å². The molecule has 1 atom stereocenters. The Balaban J connectivity index is 2.38. The molecule has 1 aliphatic rings. The van der Waals surface area contributed by atoms with Gasteiger partial charge >= 0.3 is 6.09 Å². The Labute approximate surface area is 136 Å². The van der Waals surface area contributed by atoms with Crippen LogP contribution in [0.3, 0.4) is 0 Å². The van der Waals surface area contributed by atoms with Gasteiger partial charge in [0, 0.05) is 12.5 Å². The molecule has 0 radical (unpaired) electrons. The van der Waals surface area contributed by atoms with Gasteiger partial charge in [0.15, 0.2) is 0 Å². The maximum Gasteiger partial charge on any atom is 0.408 e. The Morgan fingerprint density at radius 3 is 2.39 bits per heavy atom. The third-order valence-corrected chi connectivity index (χ3v) is 3.40. The van der Waals surface area contributed by atoms with E-state index in [9.17, 15) is 14.4 Å². The smallest absolute Gasteiger partial charge is 0.408 e. The van der Waals surface area contributed by atoms with Crippen LogP contribution in [0.1, 0.15) is 46.5 Å². The lowest BCUT2D eigenvalue weighted by molar-refractivity contribution is -0.123. The normalized spacial score (nSPS) is 17.2. The second-order valence-electron chi connectivity index (χ2n) is 6.73. The van der Waals surface area contributed by atoms with E-state index in [4.69, 9.17) is 10.5 Å². The van der Waals surface area contributed by atoms with Gasteiger partial charge < -0.3 is 26.4 Å². The van der Waals surface area contributed by atoms with Crippen molar-refractivity contribution in [3.05, 3.63) is 0 Å². The fraction of sp³-hybridized carbons (Fsp3) is 0.800. The summed E-state index contributed by atoms with van der Waals surface area (Å²) in [5.41, 5.74) is 4.60. The van der Waals surface area contributed by atoms with Crippen molar-refractivity contribution in [3.63, 3.8) is 0 Å². The standard InChI is InChI=1S/C15H28N4O4/c1-15(2,3)23-14(22)19-11(13(16)21)4-5-12(20)18-10-6-8-17-9-7-10/h10-11,17H,4-9H2,1-3H3,(H2,16,21)(H,18,20)(H,19,22)/t11-/m0/s1. The van der Waals surface area contributed by atoms with Crippen LogP contribution >= 0.6 is 0 Å². The molecule has 0 aromatic heterocycles. The fourth-order valence-corrected chi connectivity index (χ4v) is 2.28. The van der Waals surface area contributed by atoms with Gasteiger partial charge in [0.25, 0.3) is 0 Å². The Morgan fingerprint density at radius 2 is 1.87 bits per heavy atom. The SMILES string of the molecule is CC(C)(C)OC(=O)N[C@@H](CCC(=O)NC1CCNCC1)C(N)=O. The third kappa shape index (κ3) is 8.39. The van der Waals surface area contributed by atoms with Gasteiger partial charge in [0.1, 0.15) is 11.6 Å². The number of amides is 3. The van der Waals surface area contributed by atoms with Crippen molar-refractivity contribution >= 4 is 17.9 Å². The highest BCUT2D eigenvalue weighted by Crippen LogP contribution is 2.08. The summed E-state index contributed by atoms with van der Waals surface area (Å²) in [6.45, 7) is 6.93. The summed E-state index contributed by atoms with van der Waals surface area (Å²) >= 11 is 0. The van der Waals surface area contributed by atoms with Gasteiger partial charge in [-0.25, -0.2) is 4.79 Å². The summed E-state index contributed by atoms with van der Waals surface area (Å²) < 4.78 is 5.08. The van der Waals surface area contributed by atoms with Gasteiger partial charge in [-0.2, -0.15) is 0 Å². The first-order valence-corrected chi connectivity index (χ1v) is 7.96. The number of nitrogens with one attached hydrogen (secondary N) is 3. The van der Waals surface area contributed by atoms with Crippen LogP contribution in [0.4, 0.5) is 4.79 Å². The minimum Gasteiger partial charge on any atom is -0.444 e. The number of hydrogen-bond acceptors (Lipinski definition) is 5. The average Bonchev–Trinajstić information content (AvgIpc) is 2.42. The molecule has 8 nitrogen and oxygen atoms in total. The van der Waals surface area contributed by atoms with Crippen LogP contribution in [0.5, 0.6) is 0 Å². The number of ether oxygens (including phenoxy) is 1. The van der Waals surface area contributed by atoms with Crippen molar-refractivity contribution in [1.29, 1.82) is 0 Å². The highest BCUT2D eigenvalue weighted by atomic mass is 16.6. The minimum atomic E-state index is -0.927. The lowest BCUT2D eigenvalue weighted by Gasteiger charge is -2.24. The first-order valence-electron chi connectivity index (χ1n) is 7.96. The Morgan fingerprint density at radius 1 is 1.26 bits per heavy atom. The van der Waals surface area contributed by atoms with E-state index in [-0.39, 0.29) is 24.8 Å². The summed E-state index contributed by atoms with van der Waals surface area (Å²) in [5.74, 6) is -0.834. The van der Waals surface area contributed by atoms with Crippen molar-refractivity contribution in [1.82, 2.24) is 16.0 Å². The van der Waals surface area contributed by atoms with E-state index in [0.29, 0.717) is 0 Å². The van der Waals surface area contributed by atoms with Crippen LogP contribution in [0.2, 0.25) is 0 Å². The number of rotatable bonds is 6. The molecule has 0 aromatic rings. The molecule has 1 saturated heterocycles. The minimum absolute atomic E-state index is 0.118. The molecule has 3 amide bonds. The van der Waals surface area contributed by atoms with E-state index in [1.165, 1.54) is 0 Å². The summed E-state index contributed by atoms with van der Waals surface area (Å²) in [6, 6.07) is -0.766. The Bertz CT molecular complexity index is 428. The fourth-order valence-electron chi connectivity index (χ4n) is 2.28. The summed E-state index contributed by atoms with van der Waals surface area (Å²) in [5, 5.41) is 8.56. The zero-order chi connectivity index (χ0) is 17.5. The van der Waals surface area contributed by atoms with Crippen LogP contribution in [0.15, 0.2) is 0 Å². The van der Waals surface area contributed by atoms with Gasteiger partial charge in [-0.3, -0.25) is 9.59 Å². The molecule has 8 heteroatoms. The van der Waals surface area contributed by atoms with Crippen molar-refractivity contribution in [2.24, 2.45) is 5.73 Å². The Kier molecular flexibility index (Phi) is 7.28. The molecule has 23 heavy (non-hydrogen) atoms. The molecule has 1 heterocycles. The molecule has 1 fully saturated rings. The zero-order valence-corrected chi connectivity index (χ0v) is 14.1. The monoisotopic (exact) mass is 328 g/mol. The summed E-state index contributed by atoms with van der Waals surface area (Å²) in [7, 11) is 0. The van der Waals surface area contributed by atoms with Gasteiger partial charge in [-0.15, -0.1) is 0 Å². The molecule has 132 valence electrons. The predicted molar refractivity (Wildman–Crippen MR) is 85.6 cm³/mol. The molecular formula is C15H28N4O4. The molecule has 5 N–H and O–H groups in total. The third-order valence-electron chi connectivity index (χ3n) is 3.40. The van der Waals surface area contributed by atoms with Crippen LogP contribution < -0.4 is 21.7 Å². The molecule has 0 aromatic carbocycles. The van der Waals surface area contributed by atoms with Gasteiger partial charge in [-0.1, -0.05) is 0 Å². The molecule has 0 spiro atoms. The topological polar surface area (TPSA) is 123 Å². The number of alkyl carbamates (subject to hydrolysis) is 1. The number of nitrogens with two attached hydrogens (primary N) is 1. The highest BCUT2D eigenvalue weighted by Gasteiger charge is 2.24. The molecule has 1 aliphatic heterocycles. The quantitative estimate of drug-likeness (QED) is 0.547. The maximum atomic E-state index is 11.9. The largest absolute Gasteiger partial charge is 0.444 e. The summed E-state index contributed by atoms with van der Waals surface area (Å²) in [4.78, 5) is 35.0. The average molecular weight is 328 g/mol. The Hall–Kier alpha value is -1.83. The first kappa shape index (κ1) is 19.2. The number of carbonyl (C=O) groups excluding carboxylic acids is 3. The van der Waals surface area contributed by atoms with Crippen LogP contribution in [0, 0.1) is 0 Å². The first-order chi connectivity index (χ1) is 10.7. The number of carbonyl (C=O) groups is 3. The molecular weight excluding hydrogens is 300 g/mol. The molecule has 0 bridgehead atoms. The lowest BCUT2D eigenvalue weighted by atomic mass is 10.1. The molecule has 0 unspecified atom stereocenters. The van der Waals surface area contributed by atoms with Gasteiger partial charge in [0.05, 0.1) is 0 Å². The molecule has 1 rings (SSSR count). The van der Waals surface area contributed by atoms with E-state index in [0.717, 1.165) is 25.9 Å². The number of primary amides is 1. The van der Waals surface area contributed by atoms with Gasteiger partial charge in [0.2, 0.25) is 11.8 Å². The zero-order valence-electron chi connectivity index (χ0n) is 14.1. The van der Waals surface area contributed by atoms with Crippen LogP contribution in [-0.4, -0.2) is 48.7 Å². The van der Waals surface area contributed by atoms with Crippen LogP contribution in [-0.2, 0) is 14.3 Å². The summed E-state index contributed by atoms with van der Waals surface area (Å²) in [6.07, 6.45) is 1.32. The van der Waals surface area contributed by atoms with E-state index in [1.54, 1.807) is 20.8 Å². The predicted octanol–water partition coefficient (Wildman–Crippen LogP) is 0.0134. The van der Waals surface area contributed by atoms with E-state index < -0.39 is 23.6 Å².